The summed E-state index contributed by atoms with van der Waals surface area (Å²) in [6.07, 6.45) is 0.889. The lowest BCUT2D eigenvalue weighted by atomic mass is 9.97. The van der Waals surface area contributed by atoms with Crippen LogP contribution in [0.5, 0.6) is 0 Å². The molecule has 6 N–H and O–H groups in total. The van der Waals surface area contributed by atoms with E-state index in [0.29, 0.717) is 12.8 Å². The number of thiol groups is 1. The Balaban J connectivity index is 5.24. The zero-order chi connectivity index (χ0) is 21.1. The van der Waals surface area contributed by atoms with Gasteiger partial charge in [-0.3, -0.25) is 14.4 Å². The summed E-state index contributed by atoms with van der Waals surface area (Å²) < 4.78 is 0. The molecular formula is C17H32N4O5S. The van der Waals surface area contributed by atoms with Crippen molar-refractivity contribution < 1.29 is 24.3 Å². The highest BCUT2D eigenvalue weighted by Gasteiger charge is 2.31. The van der Waals surface area contributed by atoms with Gasteiger partial charge in [-0.1, -0.05) is 34.1 Å². The summed E-state index contributed by atoms with van der Waals surface area (Å²) in [4.78, 5) is 47.9. The second-order valence-corrected chi connectivity index (χ2v) is 7.27. The third kappa shape index (κ3) is 9.09. The maximum Gasteiger partial charge on any atom is 0.326 e. The minimum atomic E-state index is -1.13. The summed E-state index contributed by atoms with van der Waals surface area (Å²) >= 11 is 4.04. The minimum Gasteiger partial charge on any atom is -0.480 e. The zero-order valence-corrected chi connectivity index (χ0v) is 17.2. The molecule has 0 radical (unpaired) electrons. The van der Waals surface area contributed by atoms with Crippen LogP contribution in [0.25, 0.3) is 0 Å². The highest BCUT2D eigenvalue weighted by molar-refractivity contribution is 7.80. The lowest BCUT2D eigenvalue weighted by Crippen LogP contribution is -2.57. The Morgan fingerprint density at radius 3 is 1.96 bits per heavy atom. The highest BCUT2D eigenvalue weighted by atomic mass is 32.1. The number of nitrogens with one attached hydrogen (secondary N) is 3. The molecule has 0 aliphatic carbocycles. The fraction of sp³-hybridized carbons (Fsp3) is 0.765. The van der Waals surface area contributed by atoms with Crippen LogP contribution in [0.1, 0.15) is 40.5 Å². The maximum atomic E-state index is 12.6. The molecule has 4 atom stereocenters. The normalized spacial score (nSPS) is 15.4. The van der Waals surface area contributed by atoms with Crippen LogP contribution in [-0.4, -0.2) is 59.2 Å². The molecule has 0 aliphatic rings. The van der Waals surface area contributed by atoms with Crippen molar-refractivity contribution in [1.82, 2.24) is 16.0 Å². The quantitative estimate of drug-likeness (QED) is 0.242. The molecule has 0 aromatic carbocycles. The number of amides is 3. The van der Waals surface area contributed by atoms with Crippen molar-refractivity contribution in [3.8, 4) is 0 Å². The van der Waals surface area contributed by atoms with Crippen molar-refractivity contribution in [2.45, 2.75) is 58.7 Å². The van der Waals surface area contributed by atoms with Gasteiger partial charge in [-0.25, -0.2) is 4.79 Å². The van der Waals surface area contributed by atoms with Gasteiger partial charge in [0, 0.05) is 5.75 Å². The van der Waals surface area contributed by atoms with Crippen LogP contribution in [0.3, 0.4) is 0 Å². The number of rotatable bonds is 12. The number of nitrogens with two attached hydrogens (primary N) is 1. The van der Waals surface area contributed by atoms with Crippen LogP contribution in [0.15, 0.2) is 0 Å². The van der Waals surface area contributed by atoms with Gasteiger partial charge in [0.2, 0.25) is 17.7 Å². The molecule has 0 saturated carbocycles. The Morgan fingerprint density at radius 1 is 1.00 bits per heavy atom. The summed E-state index contributed by atoms with van der Waals surface area (Å²) in [5.41, 5.74) is 5.23. The van der Waals surface area contributed by atoms with E-state index in [1.54, 1.807) is 6.92 Å². The Morgan fingerprint density at radius 2 is 1.56 bits per heavy atom. The number of carboxylic acid groups (broad SMARTS) is 1. The molecule has 156 valence electrons. The van der Waals surface area contributed by atoms with Crippen LogP contribution in [0.2, 0.25) is 0 Å². The van der Waals surface area contributed by atoms with Crippen molar-refractivity contribution in [3.63, 3.8) is 0 Å². The van der Waals surface area contributed by atoms with E-state index >= 15 is 0 Å². The molecule has 3 amide bonds. The maximum absolute atomic E-state index is 12.6. The predicted octanol–water partition coefficient (Wildman–Crippen LogP) is -0.494. The Bertz CT molecular complexity index is 529. The van der Waals surface area contributed by atoms with Gasteiger partial charge in [0.25, 0.3) is 0 Å². The standard InChI is InChI=1S/C17H32N4O5S/c1-5-10(4)14(17(25)26)21-15(23)11(6-9(2)3)20-16(24)12(8-27)19-13(22)7-18/h9-12,14,27H,5-8,18H2,1-4H3,(H,19,22)(H,20,24)(H,21,23)(H,25,26). The van der Waals surface area contributed by atoms with E-state index in [9.17, 15) is 24.3 Å². The average molecular weight is 405 g/mol. The van der Waals surface area contributed by atoms with Crippen molar-refractivity contribution in [3.05, 3.63) is 0 Å². The summed E-state index contributed by atoms with van der Waals surface area (Å²) in [5, 5.41) is 16.9. The first kappa shape index (κ1) is 25.2. The first-order chi connectivity index (χ1) is 12.6. The minimum absolute atomic E-state index is 0.0260. The lowest BCUT2D eigenvalue weighted by molar-refractivity contribution is -0.144. The van der Waals surface area contributed by atoms with Gasteiger partial charge in [0.15, 0.2) is 0 Å². The Hall–Kier alpha value is -1.81. The van der Waals surface area contributed by atoms with Crippen LogP contribution in [0.4, 0.5) is 0 Å². The number of carboxylic acids is 1. The van der Waals surface area contributed by atoms with E-state index in [-0.39, 0.29) is 24.1 Å². The van der Waals surface area contributed by atoms with E-state index in [4.69, 9.17) is 5.73 Å². The van der Waals surface area contributed by atoms with Crippen molar-refractivity contribution in [2.75, 3.05) is 12.3 Å². The van der Waals surface area contributed by atoms with Gasteiger partial charge < -0.3 is 26.8 Å². The van der Waals surface area contributed by atoms with Crippen molar-refractivity contribution in [1.29, 1.82) is 0 Å². The number of hydrogen-bond acceptors (Lipinski definition) is 6. The van der Waals surface area contributed by atoms with Gasteiger partial charge in [-0.15, -0.1) is 0 Å². The molecule has 9 nitrogen and oxygen atoms in total. The third-order valence-electron chi connectivity index (χ3n) is 4.14. The fourth-order valence-electron chi connectivity index (χ4n) is 2.36. The van der Waals surface area contributed by atoms with Gasteiger partial charge in [0.05, 0.1) is 6.54 Å². The lowest BCUT2D eigenvalue weighted by Gasteiger charge is -2.26. The average Bonchev–Trinajstić information content (AvgIpc) is 2.61. The molecule has 0 spiro atoms. The highest BCUT2D eigenvalue weighted by Crippen LogP contribution is 2.11. The molecule has 4 unspecified atom stereocenters. The second-order valence-electron chi connectivity index (χ2n) is 6.91. The van der Waals surface area contributed by atoms with Crippen LogP contribution < -0.4 is 21.7 Å². The monoisotopic (exact) mass is 404 g/mol. The summed E-state index contributed by atoms with van der Waals surface area (Å²) in [6.45, 7) is 7.04. The van der Waals surface area contributed by atoms with Gasteiger partial charge >= 0.3 is 5.97 Å². The second kappa shape index (κ2) is 12.6. The number of aliphatic carboxylic acids is 1. The summed E-state index contributed by atoms with van der Waals surface area (Å²) in [7, 11) is 0. The van der Waals surface area contributed by atoms with Crippen molar-refractivity contribution in [2.24, 2.45) is 17.6 Å². The fourth-order valence-corrected chi connectivity index (χ4v) is 2.62. The number of carbonyl (C=O) groups excluding carboxylic acids is 3. The largest absolute Gasteiger partial charge is 0.480 e. The topological polar surface area (TPSA) is 151 Å². The molecule has 0 heterocycles. The van der Waals surface area contributed by atoms with Gasteiger partial charge in [-0.05, 0) is 18.3 Å². The summed E-state index contributed by atoms with van der Waals surface area (Å²) in [5.74, 6) is -2.97. The van der Waals surface area contributed by atoms with E-state index in [0.717, 1.165) is 0 Å². The molecule has 0 bridgehead atoms. The van der Waals surface area contributed by atoms with Gasteiger partial charge in [-0.2, -0.15) is 12.6 Å². The molecule has 0 rings (SSSR count). The molecule has 0 aromatic heterocycles. The Kier molecular flexibility index (Phi) is 11.7. The molecule has 0 saturated heterocycles. The number of carbonyl (C=O) groups is 4. The van der Waals surface area contributed by atoms with E-state index in [1.807, 2.05) is 20.8 Å². The first-order valence-electron chi connectivity index (χ1n) is 9.01. The van der Waals surface area contributed by atoms with Crippen LogP contribution >= 0.6 is 12.6 Å². The van der Waals surface area contributed by atoms with E-state index in [1.165, 1.54) is 0 Å². The van der Waals surface area contributed by atoms with E-state index in [2.05, 4.69) is 28.6 Å². The molecular weight excluding hydrogens is 372 g/mol. The molecule has 0 aromatic rings. The van der Waals surface area contributed by atoms with Crippen LogP contribution in [-0.2, 0) is 19.2 Å². The number of hydrogen-bond donors (Lipinski definition) is 6. The molecule has 0 fully saturated rings. The zero-order valence-electron chi connectivity index (χ0n) is 16.3. The van der Waals surface area contributed by atoms with Crippen molar-refractivity contribution >= 4 is 36.3 Å². The van der Waals surface area contributed by atoms with E-state index < -0.39 is 41.8 Å². The first-order valence-corrected chi connectivity index (χ1v) is 9.64. The third-order valence-corrected chi connectivity index (χ3v) is 4.50. The smallest absolute Gasteiger partial charge is 0.326 e. The predicted molar refractivity (Wildman–Crippen MR) is 105 cm³/mol. The SMILES string of the molecule is CCC(C)C(NC(=O)C(CC(C)C)NC(=O)C(CS)NC(=O)CN)C(=O)O. The summed E-state index contributed by atoms with van der Waals surface area (Å²) in [6, 6.07) is -2.93. The molecule has 10 heteroatoms. The van der Waals surface area contributed by atoms with Crippen LogP contribution in [0, 0.1) is 11.8 Å². The Labute approximate surface area is 165 Å². The molecule has 27 heavy (non-hydrogen) atoms. The molecule has 0 aliphatic heterocycles. The van der Waals surface area contributed by atoms with Gasteiger partial charge in [0.1, 0.15) is 18.1 Å².